The van der Waals surface area contributed by atoms with Crippen LogP contribution in [0.2, 0.25) is 0 Å². The van der Waals surface area contributed by atoms with E-state index >= 15 is 0 Å². The average Bonchev–Trinajstić information content (AvgIpc) is 3.02. The summed E-state index contributed by atoms with van der Waals surface area (Å²) >= 11 is 0. The highest BCUT2D eigenvalue weighted by molar-refractivity contribution is 7.89. The molecule has 0 bridgehead atoms. The van der Waals surface area contributed by atoms with Gasteiger partial charge in [0.1, 0.15) is 16.5 Å². The van der Waals surface area contributed by atoms with Gasteiger partial charge < -0.3 is 0 Å². The molecule has 0 aliphatic rings. The number of halogens is 2. The van der Waals surface area contributed by atoms with Crippen molar-refractivity contribution in [1.29, 1.82) is 0 Å². The first-order valence-corrected chi connectivity index (χ1v) is 8.20. The molecule has 124 valence electrons. The van der Waals surface area contributed by atoms with Crippen LogP contribution in [0.25, 0.3) is 5.69 Å². The van der Waals surface area contributed by atoms with Gasteiger partial charge in [0.25, 0.3) is 0 Å². The predicted molar refractivity (Wildman–Crippen MR) is 79.5 cm³/mol. The molecule has 0 spiro atoms. The SMILES string of the molecule is O=S(=O)(NCc1cn(-c2ccncc2)nn1)c1ccc(F)cc1F. The fourth-order valence-electron chi connectivity index (χ4n) is 1.94. The predicted octanol–water partition coefficient (Wildman–Crippen LogP) is 1.42. The maximum absolute atomic E-state index is 13.6. The number of nitrogens with one attached hydrogen (secondary N) is 1. The molecule has 2 aromatic heterocycles. The van der Waals surface area contributed by atoms with E-state index in [2.05, 4.69) is 20.0 Å². The summed E-state index contributed by atoms with van der Waals surface area (Å²) in [6, 6.07) is 5.65. The van der Waals surface area contributed by atoms with E-state index in [0.717, 1.165) is 12.1 Å². The molecule has 0 amide bonds. The molecule has 0 radical (unpaired) electrons. The van der Waals surface area contributed by atoms with Crippen molar-refractivity contribution in [2.75, 3.05) is 0 Å². The Morgan fingerprint density at radius 3 is 2.58 bits per heavy atom. The Labute approximate surface area is 136 Å². The third-order valence-electron chi connectivity index (χ3n) is 3.09. The molecule has 2 heterocycles. The lowest BCUT2D eigenvalue weighted by atomic mass is 10.3. The third kappa shape index (κ3) is 3.44. The second-order valence-electron chi connectivity index (χ2n) is 4.76. The first-order chi connectivity index (χ1) is 11.5. The van der Waals surface area contributed by atoms with E-state index in [0.29, 0.717) is 17.4 Å². The van der Waals surface area contributed by atoms with Gasteiger partial charge in [-0.1, -0.05) is 5.21 Å². The summed E-state index contributed by atoms with van der Waals surface area (Å²) in [5, 5.41) is 7.71. The number of aromatic nitrogens is 4. The lowest BCUT2D eigenvalue weighted by Crippen LogP contribution is -2.24. The standard InChI is InChI=1S/C14H11F2N5O2S/c15-10-1-2-14(13(16)7-10)24(22,23)18-8-11-9-21(20-19-11)12-3-5-17-6-4-12/h1-7,9,18H,8H2. The van der Waals surface area contributed by atoms with Gasteiger partial charge in [-0.25, -0.2) is 26.6 Å². The number of nitrogens with zero attached hydrogens (tertiary/aromatic N) is 4. The summed E-state index contributed by atoms with van der Waals surface area (Å²) < 4.78 is 54.3. The van der Waals surface area contributed by atoms with Crippen LogP contribution in [0.15, 0.2) is 53.8 Å². The highest BCUT2D eigenvalue weighted by Gasteiger charge is 2.19. The number of benzene rings is 1. The van der Waals surface area contributed by atoms with E-state index in [1.807, 2.05) is 0 Å². The minimum atomic E-state index is -4.14. The van der Waals surface area contributed by atoms with Crippen molar-refractivity contribution in [3.8, 4) is 5.69 Å². The lowest BCUT2D eigenvalue weighted by Gasteiger charge is -2.06. The van der Waals surface area contributed by atoms with Gasteiger partial charge in [-0.3, -0.25) is 4.98 Å². The van der Waals surface area contributed by atoms with Crippen molar-refractivity contribution in [2.24, 2.45) is 0 Å². The Morgan fingerprint density at radius 1 is 1.12 bits per heavy atom. The van der Waals surface area contributed by atoms with Crippen LogP contribution < -0.4 is 4.72 Å². The normalized spacial score (nSPS) is 11.6. The fraction of sp³-hybridized carbons (Fsp3) is 0.0714. The second-order valence-corrected chi connectivity index (χ2v) is 6.49. The van der Waals surface area contributed by atoms with E-state index in [-0.39, 0.29) is 6.54 Å². The smallest absolute Gasteiger partial charge is 0.243 e. The van der Waals surface area contributed by atoms with Crippen LogP contribution in [0.5, 0.6) is 0 Å². The molecule has 3 rings (SSSR count). The van der Waals surface area contributed by atoms with Crippen LogP contribution in [0.3, 0.4) is 0 Å². The maximum Gasteiger partial charge on any atom is 0.243 e. The second kappa shape index (κ2) is 6.42. The van der Waals surface area contributed by atoms with Gasteiger partial charge in [-0.15, -0.1) is 5.10 Å². The Bertz CT molecular complexity index is 960. The molecule has 10 heteroatoms. The number of hydrogen-bond donors (Lipinski definition) is 1. The summed E-state index contributed by atoms with van der Waals surface area (Å²) in [6.07, 6.45) is 4.69. The summed E-state index contributed by atoms with van der Waals surface area (Å²) in [5.74, 6) is -2.02. The molecule has 0 unspecified atom stereocenters. The molecule has 3 aromatic rings. The van der Waals surface area contributed by atoms with Gasteiger partial charge in [0.15, 0.2) is 0 Å². The van der Waals surface area contributed by atoms with Gasteiger partial charge in [-0.2, -0.15) is 0 Å². The molecule has 0 saturated carbocycles. The summed E-state index contributed by atoms with van der Waals surface area (Å²) in [5.41, 5.74) is 1.04. The van der Waals surface area contributed by atoms with Gasteiger partial charge in [0.05, 0.1) is 24.1 Å². The zero-order valence-corrected chi connectivity index (χ0v) is 12.9. The van der Waals surface area contributed by atoms with E-state index in [4.69, 9.17) is 0 Å². The number of sulfonamides is 1. The summed E-state index contributed by atoms with van der Waals surface area (Å²) in [7, 11) is -4.14. The van der Waals surface area contributed by atoms with Crippen molar-refractivity contribution < 1.29 is 17.2 Å². The van der Waals surface area contributed by atoms with Crippen molar-refractivity contribution in [1.82, 2.24) is 24.7 Å². The highest BCUT2D eigenvalue weighted by Crippen LogP contribution is 2.15. The van der Waals surface area contributed by atoms with E-state index in [1.165, 1.54) is 10.9 Å². The first kappa shape index (κ1) is 16.1. The topological polar surface area (TPSA) is 89.8 Å². The van der Waals surface area contributed by atoms with Crippen LogP contribution in [0.4, 0.5) is 8.78 Å². The lowest BCUT2D eigenvalue weighted by molar-refractivity contribution is 0.542. The Morgan fingerprint density at radius 2 is 1.88 bits per heavy atom. The van der Waals surface area contributed by atoms with Crippen molar-refractivity contribution >= 4 is 10.0 Å². The Hall–Kier alpha value is -2.72. The Kier molecular flexibility index (Phi) is 4.32. The molecule has 0 aliphatic carbocycles. The van der Waals surface area contributed by atoms with E-state index in [1.54, 1.807) is 24.5 Å². The monoisotopic (exact) mass is 351 g/mol. The van der Waals surface area contributed by atoms with Crippen LogP contribution in [0.1, 0.15) is 5.69 Å². The summed E-state index contributed by atoms with van der Waals surface area (Å²) in [4.78, 5) is 3.25. The van der Waals surface area contributed by atoms with E-state index in [9.17, 15) is 17.2 Å². The Balaban J connectivity index is 1.75. The van der Waals surface area contributed by atoms with Crippen LogP contribution in [0, 0.1) is 11.6 Å². The maximum atomic E-state index is 13.6. The van der Waals surface area contributed by atoms with Gasteiger partial charge in [0.2, 0.25) is 10.0 Å². The van der Waals surface area contributed by atoms with Gasteiger partial charge >= 0.3 is 0 Å². The zero-order chi connectivity index (χ0) is 17.2. The molecule has 1 aromatic carbocycles. The number of pyridine rings is 1. The number of rotatable bonds is 5. The van der Waals surface area contributed by atoms with E-state index < -0.39 is 26.6 Å². The quantitative estimate of drug-likeness (QED) is 0.751. The molecule has 0 saturated heterocycles. The summed E-state index contributed by atoms with van der Waals surface area (Å²) in [6.45, 7) is -0.190. The van der Waals surface area contributed by atoms with Crippen LogP contribution >= 0.6 is 0 Å². The minimum Gasteiger partial charge on any atom is -0.265 e. The largest absolute Gasteiger partial charge is 0.265 e. The molecular formula is C14H11F2N5O2S. The van der Waals surface area contributed by atoms with Crippen LogP contribution in [-0.2, 0) is 16.6 Å². The highest BCUT2D eigenvalue weighted by atomic mass is 32.2. The molecule has 0 aliphatic heterocycles. The van der Waals surface area contributed by atoms with Gasteiger partial charge in [-0.05, 0) is 24.3 Å². The van der Waals surface area contributed by atoms with Crippen molar-refractivity contribution in [3.63, 3.8) is 0 Å². The third-order valence-corrected chi connectivity index (χ3v) is 4.53. The number of hydrogen-bond acceptors (Lipinski definition) is 5. The molecule has 1 N–H and O–H groups in total. The molecule has 24 heavy (non-hydrogen) atoms. The minimum absolute atomic E-state index is 0.190. The van der Waals surface area contributed by atoms with Crippen LogP contribution in [-0.4, -0.2) is 28.4 Å². The molecular weight excluding hydrogens is 340 g/mol. The van der Waals surface area contributed by atoms with Crippen molar-refractivity contribution in [2.45, 2.75) is 11.4 Å². The molecule has 7 nitrogen and oxygen atoms in total. The van der Waals surface area contributed by atoms with Gasteiger partial charge in [0, 0.05) is 18.5 Å². The zero-order valence-electron chi connectivity index (χ0n) is 12.1. The fourth-order valence-corrected chi connectivity index (χ4v) is 3.00. The first-order valence-electron chi connectivity index (χ1n) is 6.72. The van der Waals surface area contributed by atoms with Crippen molar-refractivity contribution in [3.05, 3.63) is 66.3 Å². The molecule has 0 atom stereocenters. The molecule has 0 fully saturated rings. The average molecular weight is 351 g/mol.